The van der Waals surface area contributed by atoms with Gasteiger partial charge in [0.25, 0.3) is 11.7 Å². The number of hydrogen-bond acceptors (Lipinski definition) is 6. The summed E-state index contributed by atoms with van der Waals surface area (Å²) in [5, 5.41) is 14.4. The zero-order valence-electron chi connectivity index (χ0n) is 19.7. The number of anilines is 2. The van der Waals surface area contributed by atoms with E-state index in [1.54, 1.807) is 60.7 Å². The Balaban J connectivity index is 1.96. The number of rotatable bonds is 6. The molecule has 1 atom stereocenters. The van der Waals surface area contributed by atoms with E-state index < -0.39 is 23.5 Å². The molecule has 1 unspecified atom stereocenters. The first-order valence-corrected chi connectivity index (χ1v) is 11.3. The van der Waals surface area contributed by atoms with Crippen LogP contribution in [-0.4, -0.2) is 36.9 Å². The van der Waals surface area contributed by atoms with Gasteiger partial charge in [0.2, 0.25) is 5.91 Å². The van der Waals surface area contributed by atoms with Gasteiger partial charge in [0, 0.05) is 28.9 Å². The Hall–Kier alpha value is -4.30. The van der Waals surface area contributed by atoms with Gasteiger partial charge in [0.15, 0.2) is 0 Å². The molecule has 1 aliphatic rings. The van der Waals surface area contributed by atoms with Crippen molar-refractivity contribution in [2.75, 3.05) is 24.4 Å². The number of carbonyl (C=O) groups excluding carboxylic acids is 3. The number of ether oxygens (including phenoxy) is 2. The lowest BCUT2D eigenvalue weighted by molar-refractivity contribution is -0.132. The van der Waals surface area contributed by atoms with Gasteiger partial charge in [-0.1, -0.05) is 29.8 Å². The molecule has 0 bridgehead atoms. The van der Waals surface area contributed by atoms with E-state index in [1.165, 1.54) is 32.1 Å². The SMILES string of the molecule is COc1ccc(Cl)cc1/C(O)=C1\C(=O)C(=O)N(c2ccc(NC(C)=O)cc2)C1c1ccccc1OC. The van der Waals surface area contributed by atoms with Crippen LogP contribution in [0.15, 0.2) is 72.3 Å². The van der Waals surface area contributed by atoms with Crippen molar-refractivity contribution in [3.05, 3.63) is 88.5 Å². The van der Waals surface area contributed by atoms with Crippen molar-refractivity contribution in [1.29, 1.82) is 0 Å². The third-order valence-corrected chi connectivity index (χ3v) is 6.00. The summed E-state index contributed by atoms with van der Waals surface area (Å²) in [7, 11) is 2.90. The monoisotopic (exact) mass is 506 g/mol. The van der Waals surface area contributed by atoms with Crippen LogP contribution in [0.3, 0.4) is 0 Å². The van der Waals surface area contributed by atoms with E-state index in [1.807, 2.05) is 0 Å². The number of amides is 2. The average Bonchev–Trinajstić information content (AvgIpc) is 3.13. The fourth-order valence-electron chi connectivity index (χ4n) is 4.20. The van der Waals surface area contributed by atoms with E-state index in [0.717, 1.165) is 0 Å². The van der Waals surface area contributed by atoms with Gasteiger partial charge in [-0.2, -0.15) is 0 Å². The summed E-state index contributed by atoms with van der Waals surface area (Å²) in [5.41, 5.74) is 1.44. The molecule has 1 saturated heterocycles. The Labute approximate surface area is 212 Å². The van der Waals surface area contributed by atoms with Gasteiger partial charge >= 0.3 is 0 Å². The highest BCUT2D eigenvalue weighted by Crippen LogP contribution is 2.46. The molecule has 2 amide bonds. The zero-order valence-corrected chi connectivity index (χ0v) is 20.5. The van der Waals surface area contributed by atoms with Crippen molar-refractivity contribution >= 4 is 46.3 Å². The normalized spacial score (nSPS) is 16.7. The number of benzene rings is 3. The number of halogens is 1. The van der Waals surface area contributed by atoms with Crippen molar-refractivity contribution in [2.45, 2.75) is 13.0 Å². The van der Waals surface area contributed by atoms with Crippen LogP contribution in [0.5, 0.6) is 11.5 Å². The maximum absolute atomic E-state index is 13.4. The molecule has 2 N–H and O–H groups in total. The minimum absolute atomic E-state index is 0.143. The number of nitrogens with zero attached hydrogens (tertiary/aromatic N) is 1. The third kappa shape index (κ3) is 4.50. The molecule has 1 heterocycles. The fourth-order valence-corrected chi connectivity index (χ4v) is 4.38. The molecular formula is C27H23ClN2O6. The molecule has 0 aliphatic carbocycles. The fraction of sp³-hybridized carbons (Fsp3) is 0.148. The predicted molar refractivity (Wildman–Crippen MR) is 137 cm³/mol. The summed E-state index contributed by atoms with van der Waals surface area (Å²) < 4.78 is 10.9. The van der Waals surface area contributed by atoms with Crippen molar-refractivity contribution in [2.24, 2.45) is 0 Å². The van der Waals surface area contributed by atoms with Gasteiger partial charge in [-0.15, -0.1) is 0 Å². The molecule has 36 heavy (non-hydrogen) atoms. The van der Waals surface area contributed by atoms with Gasteiger partial charge in [-0.25, -0.2) is 0 Å². The van der Waals surface area contributed by atoms with Crippen molar-refractivity contribution in [3.63, 3.8) is 0 Å². The summed E-state index contributed by atoms with van der Waals surface area (Å²) in [6.07, 6.45) is 0. The van der Waals surface area contributed by atoms with Crippen LogP contribution < -0.4 is 19.7 Å². The van der Waals surface area contributed by atoms with Crippen molar-refractivity contribution in [1.82, 2.24) is 0 Å². The molecule has 4 rings (SSSR count). The molecule has 0 saturated carbocycles. The average molecular weight is 507 g/mol. The lowest BCUT2D eigenvalue weighted by atomic mass is 9.94. The Morgan fingerprint density at radius 3 is 2.28 bits per heavy atom. The van der Waals surface area contributed by atoms with E-state index in [-0.39, 0.29) is 22.8 Å². The summed E-state index contributed by atoms with van der Waals surface area (Å²) in [6.45, 7) is 1.39. The molecule has 1 fully saturated rings. The van der Waals surface area contributed by atoms with E-state index >= 15 is 0 Å². The number of nitrogens with one attached hydrogen (secondary N) is 1. The number of aliphatic hydroxyl groups is 1. The Bertz CT molecular complexity index is 1380. The number of Topliss-reactive ketones (excluding diaryl/α,β-unsaturated/α-hetero) is 1. The molecule has 3 aromatic carbocycles. The van der Waals surface area contributed by atoms with Crippen LogP contribution in [0, 0.1) is 0 Å². The van der Waals surface area contributed by atoms with Gasteiger partial charge in [-0.3, -0.25) is 19.3 Å². The van der Waals surface area contributed by atoms with Gasteiger partial charge in [0.05, 0.1) is 31.4 Å². The minimum Gasteiger partial charge on any atom is -0.507 e. The number of para-hydroxylation sites is 1. The minimum atomic E-state index is -1.02. The Morgan fingerprint density at radius 2 is 1.64 bits per heavy atom. The highest BCUT2D eigenvalue weighted by Gasteiger charge is 2.48. The summed E-state index contributed by atoms with van der Waals surface area (Å²) in [4.78, 5) is 39.5. The van der Waals surface area contributed by atoms with E-state index in [0.29, 0.717) is 27.7 Å². The second-order valence-corrected chi connectivity index (χ2v) is 8.42. The summed E-state index contributed by atoms with van der Waals surface area (Å²) >= 11 is 6.16. The first kappa shape index (κ1) is 24.8. The zero-order chi connectivity index (χ0) is 26.0. The topological polar surface area (TPSA) is 105 Å². The molecule has 0 aromatic heterocycles. The van der Waals surface area contributed by atoms with Gasteiger partial charge in [-0.05, 0) is 48.5 Å². The highest BCUT2D eigenvalue weighted by atomic mass is 35.5. The lowest BCUT2D eigenvalue weighted by Gasteiger charge is -2.27. The number of hydrogen-bond donors (Lipinski definition) is 2. The second kappa shape index (κ2) is 10.1. The van der Waals surface area contributed by atoms with E-state index in [4.69, 9.17) is 21.1 Å². The van der Waals surface area contributed by atoms with Crippen LogP contribution in [0.1, 0.15) is 24.1 Å². The van der Waals surface area contributed by atoms with Crippen LogP contribution in [0.4, 0.5) is 11.4 Å². The van der Waals surface area contributed by atoms with Crippen LogP contribution in [-0.2, 0) is 14.4 Å². The summed E-state index contributed by atoms with van der Waals surface area (Å²) in [6, 6.07) is 17.0. The molecule has 0 spiro atoms. The smallest absolute Gasteiger partial charge is 0.300 e. The van der Waals surface area contributed by atoms with Crippen LogP contribution in [0.25, 0.3) is 5.76 Å². The molecule has 0 radical (unpaired) electrons. The van der Waals surface area contributed by atoms with Gasteiger partial charge in [0.1, 0.15) is 17.3 Å². The maximum atomic E-state index is 13.4. The largest absolute Gasteiger partial charge is 0.507 e. The Kier molecular flexibility index (Phi) is 6.98. The molecule has 184 valence electrons. The standard InChI is InChI=1S/C27H23ClN2O6/c1-15(31)29-17-9-11-18(12-10-17)30-24(19-6-4-5-7-21(19)35-2)23(26(33)27(30)34)25(32)20-14-16(28)8-13-22(20)36-3/h4-14,24,32H,1-3H3,(H,29,31)/b25-23+. The second-order valence-electron chi connectivity index (χ2n) is 7.98. The third-order valence-electron chi connectivity index (χ3n) is 5.76. The van der Waals surface area contributed by atoms with Crippen LogP contribution in [0.2, 0.25) is 5.02 Å². The molecule has 3 aromatic rings. The van der Waals surface area contributed by atoms with E-state index in [9.17, 15) is 19.5 Å². The molecule has 8 nitrogen and oxygen atoms in total. The predicted octanol–water partition coefficient (Wildman–Crippen LogP) is 4.94. The first-order chi connectivity index (χ1) is 17.3. The van der Waals surface area contributed by atoms with Crippen molar-refractivity contribution < 1.29 is 29.0 Å². The summed E-state index contributed by atoms with van der Waals surface area (Å²) in [5.74, 6) is -1.68. The van der Waals surface area contributed by atoms with Crippen LogP contribution >= 0.6 is 11.6 Å². The highest BCUT2D eigenvalue weighted by molar-refractivity contribution is 6.51. The Morgan fingerprint density at radius 1 is 0.972 bits per heavy atom. The maximum Gasteiger partial charge on any atom is 0.300 e. The van der Waals surface area contributed by atoms with Gasteiger partial charge < -0.3 is 19.9 Å². The quantitative estimate of drug-likeness (QED) is 0.279. The molecular weight excluding hydrogens is 484 g/mol. The number of aliphatic hydroxyl groups excluding tert-OH is 1. The lowest BCUT2D eigenvalue weighted by Crippen LogP contribution is -2.29. The molecule has 1 aliphatic heterocycles. The first-order valence-electron chi connectivity index (χ1n) is 10.9. The van der Waals surface area contributed by atoms with E-state index in [2.05, 4.69) is 5.32 Å². The number of methoxy groups -OCH3 is 2. The van der Waals surface area contributed by atoms with Crippen molar-refractivity contribution in [3.8, 4) is 11.5 Å². The number of carbonyl (C=O) groups is 3. The number of ketones is 1. The molecule has 9 heteroatoms.